The molecular formula is C77H99ClN10O7S2. The first kappa shape index (κ1) is 72.6. The van der Waals surface area contributed by atoms with Crippen molar-refractivity contribution in [1.29, 1.82) is 0 Å². The number of piperazine rings is 1. The summed E-state index contributed by atoms with van der Waals surface area (Å²) in [5.41, 5.74) is 12.8. The van der Waals surface area contributed by atoms with E-state index < -0.39 is 29.5 Å². The molecule has 0 saturated carbocycles. The number of hydrogen-bond donors (Lipinski definition) is 6. The number of aryl methyl sites for hydroxylation is 2. The van der Waals surface area contributed by atoms with Gasteiger partial charge in [0.25, 0.3) is 5.91 Å². The summed E-state index contributed by atoms with van der Waals surface area (Å²) >= 11 is 9.85. The van der Waals surface area contributed by atoms with Gasteiger partial charge in [0, 0.05) is 130 Å². The Hall–Kier alpha value is -7.10. The number of hydrogen-bond acceptors (Lipinski definition) is 14. The maximum absolute atomic E-state index is 14.3. The summed E-state index contributed by atoms with van der Waals surface area (Å²) in [6.07, 6.45) is 4.19. The van der Waals surface area contributed by atoms with E-state index >= 15 is 0 Å². The lowest BCUT2D eigenvalue weighted by molar-refractivity contribution is -0.144. The Balaban J connectivity index is 0.658. The molecule has 97 heavy (non-hydrogen) atoms. The minimum Gasteiger partial charge on any atom is -0.391 e. The number of β-amino-alcohol motifs (C(OH)–C–C–N with tert-alkyl or cyclic N) is 1. The smallest absolute Gasteiger partial charge is 0.251 e. The number of likely N-dealkylation sites (tertiary alicyclic amines) is 1. The van der Waals surface area contributed by atoms with Crippen LogP contribution in [0.5, 0.6) is 0 Å². The Morgan fingerprint density at radius 1 is 0.814 bits per heavy atom. The van der Waals surface area contributed by atoms with E-state index in [1.807, 2.05) is 100 Å². The number of ether oxygens (including phenoxy) is 1. The molecule has 20 heteroatoms. The fourth-order valence-corrected chi connectivity index (χ4v) is 15.6. The van der Waals surface area contributed by atoms with Crippen molar-refractivity contribution in [2.75, 3.05) is 94.6 Å². The highest BCUT2D eigenvalue weighted by Crippen LogP contribution is 2.43. The van der Waals surface area contributed by atoms with E-state index in [1.54, 1.807) is 11.3 Å². The highest BCUT2D eigenvalue weighted by Gasteiger charge is 2.45. The molecule has 6 atom stereocenters. The zero-order valence-electron chi connectivity index (χ0n) is 57.6. The maximum atomic E-state index is 14.3. The number of nitrogens with zero attached hydrogens (tertiary/aromatic N) is 5. The number of anilines is 2. The number of rotatable bonds is 28. The van der Waals surface area contributed by atoms with Crippen molar-refractivity contribution >= 4 is 81.2 Å². The quantitative estimate of drug-likeness (QED) is 0.0200. The molecule has 5 amide bonds. The minimum atomic E-state index is -0.948. The van der Waals surface area contributed by atoms with Gasteiger partial charge in [-0.3, -0.25) is 33.8 Å². The predicted octanol–water partition coefficient (Wildman–Crippen LogP) is 12.1. The number of aliphatic hydroxyl groups is 1. The maximum Gasteiger partial charge on any atom is 0.251 e. The summed E-state index contributed by atoms with van der Waals surface area (Å²) in [6.45, 7) is 23.7. The SMILES string of the molecule is Cc1cc(CNC(=O)c2ccc(N3CCN(CC4=C(c5ccc(Cl)cc5)CCC(C)(CNC(=O)CCCCC(=O)N[C@H](C(=O)N5C[C@H](O)C[C@H]5C(=O)N[C@@H](C)c5ccc(-c6scnc6C)cc5)C(C)(C)C)C4)CC3)cc2)ccc1N[C@H](CCN1CCOCC1)CSc1ccccc1. The number of benzene rings is 5. The third-order valence-corrected chi connectivity index (χ3v) is 21.9. The van der Waals surface area contributed by atoms with Crippen LogP contribution in [0.1, 0.15) is 137 Å². The van der Waals surface area contributed by atoms with E-state index in [2.05, 4.69) is 133 Å². The van der Waals surface area contributed by atoms with Crippen LogP contribution in [0, 0.1) is 24.7 Å². The molecule has 4 aliphatic rings. The zero-order chi connectivity index (χ0) is 68.6. The summed E-state index contributed by atoms with van der Waals surface area (Å²) in [5, 5.41) is 27.8. The second-order valence-corrected chi connectivity index (χ2v) is 30.7. The molecule has 518 valence electrons. The second-order valence-electron chi connectivity index (χ2n) is 28.3. The van der Waals surface area contributed by atoms with Gasteiger partial charge in [-0.2, -0.15) is 0 Å². The lowest BCUT2D eigenvalue weighted by Crippen LogP contribution is -2.57. The van der Waals surface area contributed by atoms with Crippen LogP contribution < -0.4 is 31.5 Å². The number of thiazole rings is 1. The molecule has 17 nitrogen and oxygen atoms in total. The van der Waals surface area contributed by atoms with Crippen molar-refractivity contribution in [3.05, 3.63) is 171 Å². The Labute approximate surface area is 587 Å². The van der Waals surface area contributed by atoms with E-state index in [4.69, 9.17) is 16.3 Å². The molecule has 6 aromatic rings. The lowest BCUT2D eigenvalue weighted by Gasteiger charge is -2.41. The number of allylic oxidation sites excluding steroid dienone is 1. The van der Waals surface area contributed by atoms with Crippen molar-refractivity contribution in [2.24, 2.45) is 10.8 Å². The molecule has 3 fully saturated rings. The fourth-order valence-electron chi connectivity index (χ4n) is 13.7. The number of nitrogens with one attached hydrogen (secondary N) is 5. The van der Waals surface area contributed by atoms with Crippen LogP contribution in [0.4, 0.5) is 11.4 Å². The standard InChI is InChI=1S/C77H99ClN10O7S2/c1-52-43-55(17-30-67(52)83-62(32-34-85-39-41-95-42-40-85)49-96-65-13-9-8-10-14-65)46-79-73(92)59-24-28-63(29-25-59)87-37-35-86(36-38-87)47-60-45-77(7,33-31-66(60)57-22-26-61(78)27-23-57)50-80-69(90)15-11-12-16-70(91)84-72(76(4,5)6)75(94)88-48-64(89)44-68(88)74(93)82-53(2)56-18-20-58(21-19-56)71-54(3)81-51-97-71/h8-10,13-14,17-30,43,51,53,62,64,68,72,83,89H,11-12,15-16,31-42,44-50H2,1-7H3,(H,79,92)(H,80,90)(H,82,93)(H,84,91)/t53-,62+,64+,68-,72+,77?/m0/s1. The van der Waals surface area contributed by atoms with Gasteiger partial charge in [-0.15, -0.1) is 23.1 Å². The molecule has 1 unspecified atom stereocenters. The van der Waals surface area contributed by atoms with Crippen molar-refractivity contribution in [1.82, 2.24) is 41.0 Å². The van der Waals surface area contributed by atoms with Crippen molar-refractivity contribution in [3.8, 4) is 10.4 Å². The number of aliphatic hydroxyl groups excluding tert-OH is 1. The zero-order valence-corrected chi connectivity index (χ0v) is 60.0. The minimum absolute atomic E-state index is 0.0173. The number of carbonyl (C=O) groups is 5. The normalized spacial score (nSPS) is 19.6. The molecule has 0 spiro atoms. The number of morpholine rings is 1. The van der Waals surface area contributed by atoms with Gasteiger partial charge in [-0.25, -0.2) is 4.98 Å². The van der Waals surface area contributed by atoms with Crippen molar-refractivity contribution in [2.45, 2.75) is 148 Å². The second kappa shape index (κ2) is 34.1. The van der Waals surface area contributed by atoms with Gasteiger partial charge in [-0.1, -0.05) is 112 Å². The predicted molar refractivity (Wildman–Crippen MR) is 392 cm³/mol. The topological polar surface area (TPSA) is 201 Å². The molecule has 6 N–H and O–H groups in total. The van der Waals surface area contributed by atoms with E-state index in [-0.39, 0.29) is 66.9 Å². The van der Waals surface area contributed by atoms with Gasteiger partial charge in [0.15, 0.2) is 0 Å². The highest BCUT2D eigenvalue weighted by atomic mass is 35.5. The Bertz CT molecular complexity index is 3650. The summed E-state index contributed by atoms with van der Waals surface area (Å²) in [6, 6.07) is 39.2. The first-order valence-electron chi connectivity index (χ1n) is 34.7. The third kappa shape index (κ3) is 20.5. The van der Waals surface area contributed by atoms with Crippen LogP contribution in [-0.4, -0.2) is 163 Å². The first-order chi connectivity index (χ1) is 46.6. The van der Waals surface area contributed by atoms with Gasteiger partial charge in [-0.05, 0) is 158 Å². The van der Waals surface area contributed by atoms with Gasteiger partial charge >= 0.3 is 0 Å². The van der Waals surface area contributed by atoms with Crippen LogP contribution in [0.3, 0.4) is 0 Å². The van der Waals surface area contributed by atoms with Gasteiger partial charge < -0.3 is 46.2 Å². The summed E-state index contributed by atoms with van der Waals surface area (Å²) in [4.78, 5) is 84.3. The van der Waals surface area contributed by atoms with Gasteiger partial charge in [0.2, 0.25) is 23.6 Å². The number of amides is 5. The van der Waals surface area contributed by atoms with E-state index in [9.17, 15) is 29.1 Å². The first-order valence-corrected chi connectivity index (χ1v) is 36.9. The van der Waals surface area contributed by atoms with E-state index in [0.29, 0.717) is 36.5 Å². The number of halogens is 1. The molecule has 3 aliphatic heterocycles. The molecule has 10 rings (SSSR count). The summed E-state index contributed by atoms with van der Waals surface area (Å²) in [7, 11) is 0. The largest absolute Gasteiger partial charge is 0.391 e. The van der Waals surface area contributed by atoms with Crippen LogP contribution >= 0.6 is 34.7 Å². The molecule has 3 saturated heterocycles. The molecule has 5 aromatic carbocycles. The monoisotopic (exact) mass is 1370 g/mol. The lowest BCUT2D eigenvalue weighted by atomic mass is 9.71. The molecule has 4 heterocycles. The van der Waals surface area contributed by atoms with E-state index in [0.717, 1.165) is 141 Å². The average Bonchev–Trinajstić information content (AvgIpc) is 1.80. The Morgan fingerprint density at radius 2 is 1.52 bits per heavy atom. The van der Waals surface area contributed by atoms with Crippen LogP contribution in [-0.2, 0) is 30.5 Å². The van der Waals surface area contributed by atoms with Gasteiger partial charge in [0.05, 0.1) is 41.4 Å². The summed E-state index contributed by atoms with van der Waals surface area (Å²) < 4.78 is 5.59. The molecular weight excluding hydrogens is 1280 g/mol. The Kier molecular flexibility index (Phi) is 25.5. The molecule has 0 radical (unpaired) electrons. The Morgan fingerprint density at radius 3 is 2.20 bits per heavy atom. The van der Waals surface area contributed by atoms with Crippen LogP contribution in [0.15, 0.2) is 137 Å². The molecule has 1 aromatic heterocycles. The number of carbonyl (C=O) groups excluding carboxylic acids is 5. The third-order valence-electron chi connectivity index (χ3n) is 19.5. The average molecular weight is 1380 g/mol. The van der Waals surface area contributed by atoms with E-state index in [1.165, 1.54) is 26.5 Å². The van der Waals surface area contributed by atoms with Gasteiger partial charge in [0.1, 0.15) is 12.1 Å². The van der Waals surface area contributed by atoms with Crippen LogP contribution in [0.2, 0.25) is 5.02 Å². The summed E-state index contributed by atoms with van der Waals surface area (Å²) in [5.74, 6) is -0.298. The number of thioether (sulfide) groups is 1. The van der Waals surface area contributed by atoms with Crippen molar-refractivity contribution in [3.63, 3.8) is 0 Å². The highest BCUT2D eigenvalue weighted by molar-refractivity contribution is 7.99. The number of aromatic nitrogens is 1. The fraction of sp³-hybridized carbons (Fsp3) is 0.481. The number of unbranched alkanes of at least 4 members (excludes halogenated alkanes) is 1. The van der Waals surface area contributed by atoms with Crippen molar-refractivity contribution < 1.29 is 33.8 Å². The molecule has 1 aliphatic carbocycles. The van der Waals surface area contributed by atoms with Crippen LogP contribution in [0.25, 0.3) is 16.0 Å². The molecule has 0 bridgehead atoms.